The van der Waals surface area contributed by atoms with Gasteiger partial charge in [0.1, 0.15) is 0 Å². The summed E-state index contributed by atoms with van der Waals surface area (Å²) in [6.45, 7) is 2.72. The predicted molar refractivity (Wildman–Crippen MR) is 68.0 cm³/mol. The normalized spacial score (nSPS) is 13.4. The molecule has 0 aromatic heterocycles. The maximum atomic E-state index is 11.2. The van der Waals surface area contributed by atoms with E-state index in [9.17, 15) is 8.42 Å². The lowest BCUT2D eigenvalue weighted by atomic mass is 10.3. The monoisotopic (exact) mass is 261 g/mol. The molecule has 90 valence electrons. The molecule has 1 aromatic carbocycles. The number of hydrogen-bond donors (Lipinski definition) is 1. The molecular formula is C11H16ClNO2S. The number of hydrogen-bond acceptors (Lipinski definition) is 3. The zero-order chi connectivity index (χ0) is 12.2. The number of sulfone groups is 1. The van der Waals surface area contributed by atoms with Gasteiger partial charge in [-0.15, -0.1) is 11.6 Å². The van der Waals surface area contributed by atoms with Crippen molar-refractivity contribution in [1.82, 2.24) is 0 Å². The number of anilines is 1. The van der Waals surface area contributed by atoms with Gasteiger partial charge in [-0.3, -0.25) is 0 Å². The summed E-state index contributed by atoms with van der Waals surface area (Å²) in [5.41, 5.74) is 0.907. The molecule has 0 aliphatic carbocycles. The Bertz CT molecular complexity index is 426. The van der Waals surface area contributed by atoms with E-state index in [4.69, 9.17) is 11.6 Å². The second kappa shape index (κ2) is 5.55. The fourth-order valence-electron chi connectivity index (χ4n) is 1.24. The van der Waals surface area contributed by atoms with Gasteiger partial charge in [0.15, 0.2) is 9.84 Å². The summed E-state index contributed by atoms with van der Waals surface area (Å²) < 4.78 is 22.4. The Morgan fingerprint density at radius 2 is 1.88 bits per heavy atom. The second-order valence-electron chi connectivity index (χ2n) is 3.79. The lowest BCUT2D eigenvalue weighted by Gasteiger charge is -2.07. The number of benzene rings is 1. The zero-order valence-corrected chi connectivity index (χ0v) is 11.0. The average Bonchev–Trinajstić information content (AvgIpc) is 2.16. The van der Waals surface area contributed by atoms with E-state index in [0.29, 0.717) is 4.90 Å². The van der Waals surface area contributed by atoms with Crippen LogP contribution in [0.3, 0.4) is 0 Å². The van der Waals surface area contributed by atoms with E-state index in [-0.39, 0.29) is 5.38 Å². The maximum absolute atomic E-state index is 11.2. The average molecular weight is 262 g/mol. The van der Waals surface area contributed by atoms with Crippen molar-refractivity contribution in [3.63, 3.8) is 0 Å². The summed E-state index contributed by atoms with van der Waals surface area (Å²) in [4.78, 5) is 0.337. The van der Waals surface area contributed by atoms with Gasteiger partial charge < -0.3 is 5.32 Å². The van der Waals surface area contributed by atoms with Gasteiger partial charge >= 0.3 is 0 Å². The lowest BCUT2D eigenvalue weighted by molar-refractivity contribution is 0.602. The summed E-state index contributed by atoms with van der Waals surface area (Å²) >= 11 is 5.81. The summed E-state index contributed by atoms with van der Waals surface area (Å²) in [6, 6.07) is 6.72. The first-order chi connectivity index (χ1) is 7.39. The van der Waals surface area contributed by atoms with Crippen LogP contribution in [0.25, 0.3) is 0 Å². The van der Waals surface area contributed by atoms with Gasteiger partial charge in [-0.2, -0.15) is 0 Å². The van der Waals surface area contributed by atoms with Crippen LogP contribution in [0, 0.1) is 0 Å². The van der Waals surface area contributed by atoms with Crippen LogP contribution in [0.15, 0.2) is 29.2 Å². The van der Waals surface area contributed by atoms with E-state index >= 15 is 0 Å². The Kier molecular flexibility index (Phi) is 4.62. The lowest BCUT2D eigenvalue weighted by Crippen LogP contribution is -2.06. The second-order valence-corrected chi connectivity index (χ2v) is 6.55. The first-order valence-corrected chi connectivity index (χ1v) is 7.40. The largest absolute Gasteiger partial charge is 0.385 e. The Morgan fingerprint density at radius 1 is 1.31 bits per heavy atom. The highest BCUT2D eigenvalue weighted by Gasteiger charge is 2.05. The molecule has 1 unspecified atom stereocenters. The number of rotatable bonds is 5. The van der Waals surface area contributed by atoms with E-state index in [1.54, 1.807) is 24.3 Å². The number of alkyl halides is 1. The van der Waals surface area contributed by atoms with Crippen molar-refractivity contribution in [2.45, 2.75) is 23.6 Å². The topological polar surface area (TPSA) is 46.2 Å². The Labute approximate surface area is 102 Å². The molecule has 1 rings (SSSR count). The first kappa shape index (κ1) is 13.3. The van der Waals surface area contributed by atoms with Crippen molar-refractivity contribution in [3.8, 4) is 0 Å². The van der Waals surface area contributed by atoms with Crippen molar-refractivity contribution < 1.29 is 8.42 Å². The molecule has 0 aliphatic rings. The predicted octanol–water partition coefficient (Wildman–Crippen LogP) is 2.52. The molecule has 0 saturated carbocycles. The highest BCUT2D eigenvalue weighted by atomic mass is 35.5. The molecule has 5 heteroatoms. The molecule has 3 nitrogen and oxygen atoms in total. The van der Waals surface area contributed by atoms with Crippen molar-refractivity contribution in [1.29, 1.82) is 0 Å². The third kappa shape index (κ3) is 4.41. The van der Waals surface area contributed by atoms with Crippen molar-refractivity contribution >= 4 is 27.1 Å². The van der Waals surface area contributed by atoms with Gasteiger partial charge in [-0.05, 0) is 37.6 Å². The Morgan fingerprint density at radius 3 is 2.31 bits per heavy atom. The molecule has 16 heavy (non-hydrogen) atoms. The van der Waals surface area contributed by atoms with Crippen LogP contribution in [-0.2, 0) is 9.84 Å². The van der Waals surface area contributed by atoms with Gasteiger partial charge in [0.25, 0.3) is 0 Å². The van der Waals surface area contributed by atoms with Crippen LogP contribution in [0.5, 0.6) is 0 Å². The van der Waals surface area contributed by atoms with Crippen LogP contribution in [0.4, 0.5) is 5.69 Å². The third-order valence-corrected chi connectivity index (χ3v) is 3.50. The van der Waals surface area contributed by atoms with Crippen molar-refractivity contribution in [2.75, 3.05) is 18.1 Å². The van der Waals surface area contributed by atoms with E-state index in [0.717, 1.165) is 18.7 Å². The van der Waals surface area contributed by atoms with Crippen LogP contribution >= 0.6 is 11.6 Å². The summed E-state index contributed by atoms with van der Waals surface area (Å²) in [7, 11) is -3.10. The minimum atomic E-state index is -3.10. The highest BCUT2D eigenvalue weighted by molar-refractivity contribution is 7.90. The highest BCUT2D eigenvalue weighted by Crippen LogP contribution is 2.14. The molecule has 1 atom stereocenters. The molecule has 0 bridgehead atoms. The van der Waals surface area contributed by atoms with Crippen LogP contribution in [-0.4, -0.2) is 26.6 Å². The van der Waals surface area contributed by atoms with Gasteiger partial charge in [-0.1, -0.05) is 0 Å². The first-order valence-electron chi connectivity index (χ1n) is 5.07. The molecule has 0 fully saturated rings. The summed E-state index contributed by atoms with van der Waals surface area (Å²) in [5.74, 6) is 0. The van der Waals surface area contributed by atoms with Crippen molar-refractivity contribution in [3.05, 3.63) is 24.3 Å². The number of nitrogens with one attached hydrogen (secondary N) is 1. The Hall–Kier alpha value is -0.740. The molecule has 0 aliphatic heterocycles. The van der Waals surface area contributed by atoms with Crippen molar-refractivity contribution in [2.24, 2.45) is 0 Å². The summed E-state index contributed by atoms with van der Waals surface area (Å²) in [5, 5.41) is 3.32. The molecule has 1 aromatic rings. The maximum Gasteiger partial charge on any atom is 0.175 e. The SMILES string of the molecule is CC(Cl)CCNc1ccc(S(C)(=O)=O)cc1. The minimum Gasteiger partial charge on any atom is -0.385 e. The molecule has 0 heterocycles. The zero-order valence-electron chi connectivity index (χ0n) is 9.40. The van der Waals surface area contributed by atoms with Crippen LogP contribution < -0.4 is 5.32 Å². The third-order valence-electron chi connectivity index (χ3n) is 2.15. The fourth-order valence-corrected chi connectivity index (χ4v) is 1.97. The summed E-state index contributed by atoms with van der Waals surface area (Å²) in [6.07, 6.45) is 2.07. The van der Waals surface area contributed by atoms with E-state index in [1.165, 1.54) is 6.26 Å². The fraction of sp³-hybridized carbons (Fsp3) is 0.455. The molecule has 0 radical (unpaired) electrons. The molecule has 0 spiro atoms. The standard InChI is InChI=1S/C11H16ClNO2S/c1-9(12)7-8-13-10-3-5-11(6-4-10)16(2,14)15/h3-6,9,13H,7-8H2,1-2H3. The van der Waals surface area contributed by atoms with Gasteiger partial charge in [-0.25, -0.2) is 8.42 Å². The van der Waals surface area contributed by atoms with Gasteiger partial charge in [0.05, 0.1) is 4.90 Å². The quantitative estimate of drug-likeness (QED) is 0.829. The van der Waals surface area contributed by atoms with E-state index < -0.39 is 9.84 Å². The van der Waals surface area contributed by atoms with Gasteiger partial charge in [0, 0.05) is 23.9 Å². The van der Waals surface area contributed by atoms with E-state index in [1.807, 2.05) is 6.92 Å². The van der Waals surface area contributed by atoms with Crippen LogP contribution in [0.2, 0.25) is 0 Å². The molecule has 1 N–H and O–H groups in total. The van der Waals surface area contributed by atoms with Crippen LogP contribution in [0.1, 0.15) is 13.3 Å². The minimum absolute atomic E-state index is 0.141. The smallest absolute Gasteiger partial charge is 0.175 e. The molecule has 0 saturated heterocycles. The molecule has 0 amide bonds. The van der Waals surface area contributed by atoms with Gasteiger partial charge in [0.2, 0.25) is 0 Å². The molecular weight excluding hydrogens is 246 g/mol. The Balaban J connectivity index is 2.59. The number of halogens is 1. The van der Waals surface area contributed by atoms with E-state index in [2.05, 4.69) is 5.32 Å².